The molecule has 0 saturated heterocycles. The van der Waals surface area contributed by atoms with Crippen molar-refractivity contribution in [1.82, 2.24) is 19.6 Å². The molecular formula is C13H12BrN5OS. The molecule has 1 N–H and O–H groups in total. The molecule has 0 aliphatic heterocycles. The van der Waals surface area contributed by atoms with Crippen LogP contribution < -0.4 is 5.32 Å². The Morgan fingerprint density at radius 2 is 2.10 bits per heavy atom. The van der Waals surface area contributed by atoms with Crippen LogP contribution in [0.1, 0.15) is 26.8 Å². The second-order valence-corrected chi connectivity index (χ2v) is 6.72. The summed E-state index contributed by atoms with van der Waals surface area (Å²) in [6.07, 6.45) is 1.89. The molecule has 0 spiro atoms. The van der Waals surface area contributed by atoms with Crippen molar-refractivity contribution in [2.75, 3.05) is 5.32 Å². The molecule has 0 atom stereocenters. The van der Waals surface area contributed by atoms with Crippen molar-refractivity contribution in [2.45, 2.75) is 20.8 Å². The summed E-state index contributed by atoms with van der Waals surface area (Å²) in [6, 6.07) is 1.97. The summed E-state index contributed by atoms with van der Waals surface area (Å²) in [5.74, 6) is -0.242. The van der Waals surface area contributed by atoms with Gasteiger partial charge in [-0.05, 0) is 48.3 Å². The van der Waals surface area contributed by atoms with E-state index in [1.165, 1.54) is 11.3 Å². The number of carbonyl (C=O) groups is 1. The first-order chi connectivity index (χ1) is 9.95. The van der Waals surface area contributed by atoms with Crippen LogP contribution in [0.2, 0.25) is 0 Å². The standard InChI is InChI=1S/C13H12BrN5OS/c1-6-4-9(14)11-15-7(2)10(19(11)5-6)12(20)16-13-18-17-8(3)21-13/h4-5H,1-3H3,(H,16,18,20). The van der Waals surface area contributed by atoms with Gasteiger partial charge in [0.2, 0.25) is 5.13 Å². The first-order valence-corrected chi connectivity index (χ1v) is 7.83. The molecule has 1 amide bonds. The topological polar surface area (TPSA) is 72.2 Å². The highest BCUT2D eigenvalue weighted by molar-refractivity contribution is 9.10. The zero-order valence-corrected chi connectivity index (χ0v) is 14.0. The van der Waals surface area contributed by atoms with Gasteiger partial charge in [0.1, 0.15) is 10.7 Å². The van der Waals surface area contributed by atoms with Crippen LogP contribution in [0, 0.1) is 20.8 Å². The van der Waals surface area contributed by atoms with Gasteiger partial charge in [-0.3, -0.25) is 14.5 Å². The van der Waals surface area contributed by atoms with Crippen molar-refractivity contribution in [3.05, 3.63) is 38.7 Å². The molecule has 0 unspecified atom stereocenters. The SMILES string of the molecule is Cc1cc(Br)c2nc(C)c(C(=O)Nc3nnc(C)s3)n2c1. The van der Waals surface area contributed by atoms with Crippen LogP contribution in [0.25, 0.3) is 5.65 Å². The highest BCUT2D eigenvalue weighted by atomic mass is 79.9. The Hall–Kier alpha value is -1.80. The van der Waals surface area contributed by atoms with Crippen molar-refractivity contribution >= 4 is 44.0 Å². The Labute approximate surface area is 133 Å². The Morgan fingerprint density at radius 3 is 2.76 bits per heavy atom. The second-order valence-electron chi connectivity index (χ2n) is 4.69. The van der Waals surface area contributed by atoms with E-state index in [2.05, 4.69) is 36.4 Å². The number of nitrogens with one attached hydrogen (secondary N) is 1. The highest BCUT2D eigenvalue weighted by Crippen LogP contribution is 2.23. The lowest BCUT2D eigenvalue weighted by molar-refractivity contribution is 0.102. The fourth-order valence-corrected chi connectivity index (χ4v) is 3.35. The van der Waals surface area contributed by atoms with Crippen molar-refractivity contribution in [3.63, 3.8) is 0 Å². The summed E-state index contributed by atoms with van der Waals surface area (Å²) in [5, 5.41) is 11.9. The normalized spacial score (nSPS) is 11.0. The van der Waals surface area contributed by atoms with Crippen molar-refractivity contribution in [1.29, 1.82) is 0 Å². The minimum Gasteiger partial charge on any atom is -0.295 e. The molecule has 0 bridgehead atoms. The number of halogens is 1. The van der Waals surface area contributed by atoms with Gasteiger partial charge in [-0.25, -0.2) is 4.98 Å². The molecule has 0 aliphatic rings. The van der Waals surface area contributed by atoms with E-state index in [-0.39, 0.29) is 5.91 Å². The van der Waals surface area contributed by atoms with Crippen molar-refractivity contribution in [2.24, 2.45) is 0 Å². The minimum absolute atomic E-state index is 0.242. The summed E-state index contributed by atoms with van der Waals surface area (Å²) in [5.41, 5.74) is 2.92. The second kappa shape index (κ2) is 5.19. The third-order valence-electron chi connectivity index (χ3n) is 2.95. The van der Waals surface area contributed by atoms with Gasteiger partial charge < -0.3 is 0 Å². The van der Waals surface area contributed by atoms with E-state index in [4.69, 9.17) is 0 Å². The first-order valence-electron chi connectivity index (χ1n) is 6.22. The molecule has 0 aromatic carbocycles. The van der Waals surface area contributed by atoms with Gasteiger partial charge in [0.05, 0.1) is 10.2 Å². The molecule has 21 heavy (non-hydrogen) atoms. The summed E-state index contributed by atoms with van der Waals surface area (Å²) in [7, 11) is 0. The molecule has 0 fully saturated rings. The van der Waals surface area contributed by atoms with E-state index in [0.29, 0.717) is 16.5 Å². The Balaban J connectivity index is 2.07. The van der Waals surface area contributed by atoms with Gasteiger partial charge in [-0.15, -0.1) is 10.2 Å². The molecular weight excluding hydrogens is 354 g/mol. The third-order valence-corrected chi connectivity index (χ3v) is 4.29. The number of carbonyl (C=O) groups excluding carboxylic acids is 1. The number of hydrogen-bond donors (Lipinski definition) is 1. The number of fused-ring (bicyclic) bond motifs is 1. The average Bonchev–Trinajstić information content (AvgIpc) is 2.92. The van der Waals surface area contributed by atoms with Crippen LogP contribution in [0.15, 0.2) is 16.7 Å². The van der Waals surface area contributed by atoms with E-state index in [1.807, 2.05) is 33.0 Å². The molecule has 0 aliphatic carbocycles. The minimum atomic E-state index is -0.242. The molecule has 8 heteroatoms. The summed E-state index contributed by atoms with van der Waals surface area (Å²) in [6.45, 7) is 5.62. The van der Waals surface area contributed by atoms with Gasteiger partial charge in [0, 0.05) is 6.20 Å². The third kappa shape index (κ3) is 2.56. The summed E-state index contributed by atoms with van der Waals surface area (Å²) in [4.78, 5) is 16.9. The smallest absolute Gasteiger partial charge is 0.276 e. The zero-order valence-electron chi connectivity index (χ0n) is 11.6. The monoisotopic (exact) mass is 365 g/mol. The number of anilines is 1. The lowest BCUT2D eigenvalue weighted by Gasteiger charge is -2.04. The molecule has 0 saturated carbocycles. The lowest BCUT2D eigenvalue weighted by Crippen LogP contribution is -2.15. The predicted molar refractivity (Wildman–Crippen MR) is 85.0 cm³/mol. The van der Waals surface area contributed by atoms with Gasteiger partial charge in [-0.2, -0.15) is 0 Å². The summed E-state index contributed by atoms with van der Waals surface area (Å²) >= 11 is 4.82. The van der Waals surface area contributed by atoms with Crippen molar-refractivity contribution in [3.8, 4) is 0 Å². The van der Waals surface area contributed by atoms with Crippen LogP contribution in [0.5, 0.6) is 0 Å². The molecule has 3 heterocycles. The first kappa shape index (κ1) is 14.2. The number of aromatic nitrogens is 4. The van der Waals surface area contributed by atoms with E-state index in [1.54, 1.807) is 4.40 Å². The number of imidazole rings is 1. The van der Waals surface area contributed by atoms with Crippen LogP contribution >= 0.6 is 27.3 Å². The van der Waals surface area contributed by atoms with Gasteiger partial charge in [0.15, 0.2) is 5.65 Å². The van der Waals surface area contributed by atoms with Gasteiger partial charge >= 0.3 is 0 Å². The van der Waals surface area contributed by atoms with Crippen LogP contribution in [-0.2, 0) is 0 Å². The molecule has 3 rings (SSSR count). The number of amides is 1. The Morgan fingerprint density at radius 1 is 1.33 bits per heavy atom. The number of pyridine rings is 1. The largest absolute Gasteiger partial charge is 0.295 e. The number of aryl methyl sites for hydroxylation is 3. The summed E-state index contributed by atoms with van der Waals surface area (Å²) < 4.78 is 2.65. The molecule has 3 aromatic heterocycles. The maximum Gasteiger partial charge on any atom is 0.276 e. The van der Waals surface area contributed by atoms with E-state index >= 15 is 0 Å². The predicted octanol–water partition coefficient (Wildman–Crippen LogP) is 3.13. The highest BCUT2D eigenvalue weighted by Gasteiger charge is 2.19. The number of rotatable bonds is 2. The average molecular weight is 366 g/mol. The van der Waals surface area contributed by atoms with Crippen LogP contribution in [0.4, 0.5) is 5.13 Å². The molecule has 3 aromatic rings. The zero-order chi connectivity index (χ0) is 15.1. The van der Waals surface area contributed by atoms with Crippen LogP contribution in [0.3, 0.4) is 0 Å². The quantitative estimate of drug-likeness (QED) is 0.757. The van der Waals surface area contributed by atoms with Crippen LogP contribution in [-0.4, -0.2) is 25.5 Å². The maximum atomic E-state index is 12.5. The van der Waals surface area contributed by atoms with E-state index in [0.717, 1.165) is 20.7 Å². The maximum absolute atomic E-state index is 12.5. The number of nitrogens with zero attached hydrogens (tertiary/aromatic N) is 4. The fourth-order valence-electron chi connectivity index (χ4n) is 2.12. The van der Waals surface area contributed by atoms with Gasteiger partial charge in [-0.1, -0.05) is 11.3 Å². The van der Waals surface area contributed by atoms with Gasteiger partial charge in [0.25, 0.3) is 5.91 Å². The Bertz CT molecular complexity index is 854. The van der Waals surface area contributed by atoms with E-state index < -0.39 is 0 Å². The lowest BCUT2D eigenvalue weighted by atomic mass is 10.3. The van der Waals surface area contributed by atoms with Crippen molar-refractivity contribution < 1.29 is 4.79 Å². The Kier molecular flexibility index (Phi) is 3.50. The fraction of sp³-hybridized carbons (Fsp3) is 0.231. The molecule has 6 nitrogen and oxygen atoms in total. The number of hydrogen-bond acceptors (Lipinski definition) is 5. The molecule has 108 valence electrons. The molecule has 0 radical (unpaired) electrons. The van der Waals surface area contributed by atoms with E-state index in [9.17, 15) is 4.79 Å².